The zero-order valence-corrected chi connectivity index (χ0v) is 13.1. The first-order valence-corrected chi connectivity index (χ1v) is 7.36. The molecule has 0 radical (unpaired) electrons. The lowest BCUT2D eigenvalue weighted by Crippen LogP contribution is -2.08. The molecule has 2 aromatic carbocycles. The van der Waals surface area contributed by atoms with E-state index in [0.717, 1.165) is 21.7 Å². The Morgan fingerprint density at radius 1 is 1.14 bits per heavy atom. The van der Waals surface area contributed by atoms with Crippen LogP contribution in [0.4, 0.5) is 5.69 Å². The molecule has 0 bridgehead atoms. The molecule has 0 atom stereocenters. The van der Waals surface area contributed by atoms with Crippen LogP contribution < -0.4 is 5.32 Å². The van der Waals surface area contributed by atoms with Crippen molar-refractivity contribution in [1.29, 1.82) is 0 Å². The van der Waals surface area contributed by atoms with Crippen molar-refractivity contribution >= 4 is 21.6 Å². The van der Waals surface area contributed by atoms with Crippen LogP contribution in [0.1, 0.15) is 11.4 Å². The number of hydrogen-bond donors (Lipinski definition) is 1. The number of anilines is 1. The van der Waals surface area contributed by atoms with Crippen LogP contribution >= 0.6 is 15.9 Å². The van der Waals surface area contributed by atoms with Gasteiger partial charge in [-0.05, 0) is 63.1 Å². The number of halogens is 1. The van der Waals surface area contributed by atoms with E-state index in [9.17, 15) is 0 Å². The molecule has 0 fully saturated rings. The number of rotatable bonds is 4. The number of tetrazole rings is 1. The van der Waals surface area contributed by atoms with Gasteiger partial charge in [-0.25, -0.2) is 0 Å². The van der Waals surface area contributed by atoms with E-state index in [1.54, 1.807) is 4.68 Å². The maximum atomic E-state index is 4.08. The van der Waals surface area contributed by atoms with Crippen LogP contribution in [0.5, 0.6) is 0 Å². The lowest BCUT2D eigenvalue weighted by molar-refractivity contribution is 0.768. The van der Waals surface area contributed by atoms with Crippen LogP contribution in [0.3, 0.4) is 0 Å². The number of hydrogen-bond acceptors (Lipinski definition) is 4. The van der Waals surface area contributed by atoms with Gasteiger partial charge in [0.15, 0.2) is 5.82 Å². The second-order valence-electron chi connectivity index (χ2n) is 4.68. The van der Waals surface area contributed by atoms with E-state index in [-0.39, 0.29) is 0 Å². The molecule has 0 aliphatic carbocycles. The molecular weight excluding hydrogens is 330 g/mol. The summed E-state index contributed by atoms with van der Waals surface area (Å²) in [6, 6.07) is 16.0. The topological polar surface area (TPSA) is 55.6 Å². The van der Waals surface area contributed by atoms with Crippen molar-refractivity contribution in [2.45, 2.75) is 13.5 Å². The van der Waals surface area contributed by atoms with Gasteiger partial charge >= 0.3 is 0 Å². The first kappa shape index (κ1) is 13.8. The molecule has 3 aromatic rings. The summed E-state index contributed by atoms with van der Waals surface area (Å²) >= 11 is 3.55. The van der Waals surface area contributed by atoms with E-state index < -0.39 is 0 Å². The smallest absolute Gasteiger partial charge is 0.175 e. The Balaban J connectivity index is 1.79. The zero-order valence-electron chi connectivity index (χ0n) is 11.5. The first-order valence-electron chi connectivity index (χ1n) is 6.57. The van der Waals surface area contributed by atoms with Gasteiger partial charge in [0.05, 0.1) is 12.2 Å². The second kappa shape index (κ2) is 6.05. The molecule has 0 amide bonds. The van der Waals surface area contributed by atoms with Gasteiger partial charge in [-0.15, -0.1) is 5.10 Å². The monoisotopic (exact) mass is 343 g/mol. The van der Waals surface area contributed by atoms with E-state index >= 15 is 0 Å². The van der Waals surface area contributed by atoms with Crippen LogP contribution in [-0.2, 0) is 6.54 Å². The minimum Gasteiger partial charge on any atom is -0.377 e. The van der Waals surface area contributed by atoms with Crippen LogP contribution in [0, 0.1) is 6.92 Å². The number of nitrogens with one attached hydrogen (secondary N) is 1. The SMILES string of the molecule is Cc1ccc(NCc2nnnn2-c2ccccc2)c(Br)c1. The standard InChI is InChI=1S/C15H14BrN5/c1-11-7-8-14(13(16)9-11)17-10-15-18-19-20-21(15)12-5-3-2-4-6-12/h2-9,17H,10H2,1H3. The summed E-state index contributed by atoms with van der Waals surface area (Å²) in [5.74, 6) is 0.758. The fourth-order valence-corrected chi connectivity index (χ4v) is 2.66. The Morgan fingerprint density at radius 2 is 1.95 bits per heavy atom. The molecule has 21 heavy (non-hydrogen) atoms. The van der Waals surface area contributed by atoms with Crippen molar-refractivity contribution in [3.8, 4) is 5.69 Å². The zero-order chi connectivity index (χ0) is 14.7. The molecular formula is C15H14BrN5. The molecule has 6 heteroatoms. The third kappa shape index (κ3) is 3.11. The van der Waals surface area contributed by atoms with Crippen LogP contribution in [0.15, 0.2) is 53.0 Å². The van der Waals surface area contributed by atoms with Crippen LogP contribution in [0.2, 0.25) is 0 Å². The van der Waals surface area contributed by atoms with Gasteiger partial charge in [-0.2, -0.15) is 4.68 Å². The maximum Gasteiger partial charge on any atom is 0.175 e. The van der Waals surface area contributed by atoms with E-state index in [1.807, 2.05) is 36.4 Å². The van der Waals surface area contributed by atoms with Crippen molar-refractivity contribution in [2.24, 2.45) is 0 Å². The molecule has 0 aliphatic heterocycles. The summed E-state index contributed by atoms with van der Waals surface area (Å²) in [6.45, 7) is 2.61. The van der Waals surface area contributed by atoms with Gasteiger partial charge in [-0.1, -0.05) is 24.3 Å². The van der Waals surface area contributed by atoms with Gasteiger partial charge < -0.3 is 5.32 Å². The van der Waals surface area contributed by atoms with E-state index in [4.69, 9.17) is 0 Å². The number of aromatic nitrogens is 4. The third-order valence-electron chi connectivity index (χ3n) is 3.10. The predicted molar refractivity (Wildman–Crippen MR) is 85.4 cm³/mol. The highest BCUT2D eigenvalue weighted by molar-refractivity contribution is 9.10. The lowest BCUT2D eigenvalue weighted by atomic mass is 10.2. The van der Waals surface area contributed by atoms with Crippen molar-refractivity contribution in [2.75, 3.05) is 5.32 Å². The highest BCUT2D eigenvalue weighted by Gasteiger charge is 2.08. The Morgan fingerprint density at radius 3 is 2.71 bits per heavy atom. The molecule has 0 spiro atoms. The summed E-state index contributed by atoms with van der Waals surface area (Å²) in [5, 5.41) is 15.2. The van der Waals surface area contributed by atoms with Crippen molar-refractivity contribution in [3.63, 3.8) is 0 Å². The molecule has 1 N–H and O–H groups in total. The first-order chi connectivity index (χ1) is 10.2. The molecule has 3 rings (SSSR count). The minimum atomic E-state index is 0.545. The van der Waals surface area contributed by atoms with Gasteiger partial charge in [0, 0.05) is 10.2 Å². The van der Waals surface area contributed by atoms with Crippen molar-refractivity contribution in [3.05, 3.63) is 64.4 Å². The van der Waals surface area contributed by atoms with E-state index in [2.05, 4.69) is 55.8 Å². The average molecular weight is 344 g/mol. The Labute approximate surface area is 131 Å². The summed E-state index contributed by atoms with van der Waals surface area (Å²) < 4.78 is 2.76. The van der Waals surface area contributed by atoms with Crippen LogP contribution in [0.25, 0.3) is 5.69 Å². The average Bonchev–Trinajstić information content (AvgIpc) is 2.96. The number of aryl methyl sites for hydroxylation is 1. The molecule has 0 aliphatic rings. The second-order valence-corrected chi connectivity index (χ2v) is 5.53. The molecule has 0 saturated carbocycles. The van der Waals surface area contributed by atoms with Gasteiger partial charge in [0.25, 0.3) is 0 Å². The van der Waals surface area contributed by atoms with Crippen molar-refractivity contribution in [1.82, 2.24) is 20.2 Å². The summed E-state index contributed by atoms with van der Waals surface area (Å²) in [6.07, 6.45) is 0. The largest absolute Gasteiger partial charge is 0.377 e. The summed E-state index contributed by atoms with van der Waals surface area (Å²) in [4.78, 5) is 0. The normalized spacial score (nSPS) is 10.6. The fraction of sp³-hybridized carbons (Fsp3) is 0.133. The predicted octanol–water partition coefficient (Wildman–Crippen LogP) is 3.35. The Kier molecular flexibility index (Phi) is 3.96. The van der Waals surface area contributed by atoms with Gasteiger partial charge in [0.2, 0.25) is 0 Å². The number of nitrogens with zero attached hydrogens (tertiary/aromatic N) is 4. The minimum absolute atomic E-state index is 0.545. The van der Waals surface area contributed by atoms with Crippen LogP contribution in [-0.4, -0.2) is 20.2 Å². The van der Waals surface area contributed by atoms with Gasteiger partial charge in [-0.3, -0.25) is 0 Å². The maximum absolute atomic E-state index is 4.08. The molecule has 1 aromatic heterocycles. The molecule has 0 unspecified atom stereocenters. The Bertz CT molecular complexity index is 739. The summed E-state index contributed by atoms with van der Waals surface area (Å²) in [7, 11) is 0. The highest BCUT2D eigenvalue weighted by atomic mass is 79.9. The highest BCUT2D eigenvalue weighted by Crippen LogP contribution is 2.23. The fourth-order valence-electron chi connectivity index (χ4n) is 2.02. The summed E-state index contributed by atoms with van der Waals surface area (Å²) in [5.41, 5.74) is 3.17. The molecule has 5 nitrogen and oxygen atoms in total. The molecule has 106 valence electrons. The third-order valence-corrected chi connectivity index (χ3v) is 3.75. The number of para-hydroxylation sites is 1. The van der Waals surface area contributed by atoms with E-state index in [1.165, 1.54) is 5.56 Å². The molecule has 0 saturated heterocycles. The van der Waals surface area contributed by atoms with Gasteiger partial charge in [0.1, 0.15) is 0 Å². The Hall–Kier alpha value is -2.21. The quantitative estimate of drug-likeness (QED) is 0.789. The van der Waals surface area contributed by atoms with Crippen molar-refractivity contribution < 1.29 is 0 Å². The molecule has 1 heterocycles. The van der Waals surface area contributed by atoms with E-state index in [0.29, 0.717) is 6.54 Å². The number of benzene rings is 2. The lowest BCUT2D eigenvalue weighted by Gasteiger charge is -2.09.